The van der Waals surface area contributed by atoms with Crippen molar-refractivity contribution in [1.29, 1.82) is 0 Å². The molecule has 0 saturated heterocycles. The van der Waals surface area contributed by atoms with E-state index in [-0.39, 0.29) is 12.4 Å². The third-order valence-electron chi connectivity index (χ3n) is 3.65. The maximum atomic E-state index is 13.2. The number of benzene rings is 3. The SMILES string of the molecule is COc1cc(C=NNc2ccccc2)ccc1OCc1cccc(F)c1. The first kappa shape index (κ1) is 17.5. The summed E-state index contributed by atoms with van der Waals surface area (Å²) in [4.78, 5) is 0. The van der Waals surface area contributed by atoms with Crippen molar-refractivity contribution < 1.29 is 13.9 Å². The van der Waals surface area contributed by atoms with Crippen molar-refractivity contribution in [2.24, 2.45) is 5.10 Å². The Labute approximate surface area is 151 Å². The van der Waals surface area contributed by atoms with Crippen LogP contribution in [0.2, 0.25) is 0 Å². The van der Waals surface area contributed by atoms with Crippen LogP contribution in [-0.2, 0) is 6.61 Å². The minimum atomic E-state index is -0.282. The summed E-state index contributed by atoms with van der Waals surface area (Å²) >= 11 is 0. The second-order valence-corrected chi connectivity index (χ2v) is 5.56. The van der Waals surface area contributed by atoms with Crippen molar-refractivity contribution in [2.75, 3.05) is 12.5 Å². The molecule has 3 rings (SSSR count). The monoisotopic (exact) mass is 350 g/mol. The lowest BCUT2D eigenvalue weighted by Gasteiger charge is -2.11. The zero-order valence-electron chi connectivity index (χ0n) is 14.4. The van der Waals surface area contributed by atoms with Crippen LogP contribution in [0.5, 0.6) is 11.5 Å². The summed E-state index contributed by atoms with van der Waals surface area (Å²) in [5, 5.41) is 4.21. The lowest BCUT2D eigenvalue weighted by Crippen LogP contribution is -1.99. The van der Waals surface area contributed by atoms with Gasteiger partial charge in [0.05, 0.1) is 19.0 Å². The molecule has 26 heavy (non-hydrogen) atoms. The average Bonchev–Trinajstić information content (AvgIpc) is 2.67. The van der Waals surface area contributed by atoms with Crippen LogP contribution < -0.4 is 14.9 Å². The largest absolute Gasteiger partial charge is 0.493 e. The van der Waals surface area contributed by atoms with E-state index >= 15 is 0 Å². The summed E-state index contributed by atoms with van der Waals surface area (Å²) in [7, 11) is 1.58. The molecule has 1 N–H and O–H groups in total. The fourth-order valence-corrected chi connectivity index (χ4v) is 2.37. The van der Waals surface area contributed by atoms with Gasteiger partial charge in [-0.2, -0.15) is 5.10 Å². The first-order chi connectivity index (χ1) is 12.7. The van der Waals surface area contributed by atoms with E-state index in [2.05, 4.69) is 10.5 Å². The number of halogens is 1. The van der Waals surface area contributed by atoms with E-state index in [1.165, 1.54) is 12.1 Å². The first-order valence-corrected chi connectivity index (χ1v) is 8.14. The number of para-hydroxylation sites is 1. The Hall–Kier alpha value is -3.34. The molecule has 3 aromatic carbocycles. The molecule has 0 aliphatic heterocycles. The van der Waals surface area contributed by atoms with E-state index in [1.54, 1.807) is 19.4 Å². The molecule has 0 heterocycles. The molecule has 0 unspecified atom stereocenters. The molecular weight excluding hydrogens is 331 g/mol. The predicted molar refractivity (Wildman–Crippen MR) is 101 cm³/mol. The number of hydrazone groups is 1. The number of hydrogen-bond donors (Lipinski definition) is 1. The molecule has 3 aromatic rings. The topological polar surface area (TPSA) is 42.8 Å². The smallest absolute Gasteiger partial charge is 0.161 e. The molecule has 0 saturated carbocycles. The molecule has 0 bridgehead atoms. The van der Waals surface area contributed by atoms with E-state index in [9.17, 15) is 4.39 Å². The Morgan fingerprint density at radius 1 is 0.962 bits per heavy atom. The summed E-state index contributed by atoms with van der Waals surface area (Å²) in [5.74, 6) is 0.894. The number of nitrogens with one attached hydrogen (secondary N) is 1. The summed E-state index contributed by atoms with van der Waals surface area (Å²) in [6.45, 7) is 0.261. The van der Waals surface area contributed by atoms with Gasteiger partial charge in [-0.3, -0.25) is 5.43 Å². The van der Waals surface area contributed by atoms with Crippen molar-refractivity contribution in [3.05, 3.63) is 89.7 Å². The van der Waals surface area contributed by atoms with Gasteiger partial charge in [0.15, 0.2) is 11.5 Å². The Morgan fingerprint density at radius 2 is 1.81 bits per heavy atom. The molecule has 5 heteroatoms. The van der Waals surface area contributed by atoms with Crippen LogP contribution in [0.15, 0.2) is 77.9 Å². The van der Waals surface area contributed by atoms with Crippen molar-refractivity contribution in [1.82, 2.24) is 0 Å². The van der Waals surface area contributed by atoms with Gasteiger partial charge in [0, 0.05) is 0 Å². The summed E-state index contributed by atoms with van der Waals surface area (Å²) < 4.78 is 24.4. The van der Waals surface area contributed by atoms with Crippen LogP contribution >= 0.6 is 0 Å². The van der Waals surface area contributed by atoms with Gasteiger partial charge in [-0.1, -0.05) is 30.3 Å². The molecule has 4 nitrogen and oxygen atoms in total. The highest BCUT2D eigenvalue weighted by Crippen LogP contribution is 2.28. The molecule has 132 valence electrons. The molecule has 0 aromatic heterocycles. The van der Waals surface area contributed by atoms with Crippen LogP contribution in [0.25, 0.3) is 0 Å². The number of methoxy groups -OCH3 is 1. The number of rotatable bonds is 7. The maximum absolute atomic E-state index is 13.2. The van der Waals surface area contributed by atoms with E-state index in [0.29, 0.717) is 11.5 Å². The van der Waals surface area contributed by atoms with Crippen LogP contribution in [0.3, 0.4) is 0 Å². The molecule has 0 spiro atoms. The van der Waals surface area contributed by atoms with Crippen molar-refractivity contribution in [2.45, 2.75) is 6.61 Å². The molecule has 0 aliphatic rings. The Balaban J connectivity index is 1.65. The number of nitrogens with zero attached hydrogens (tertiary/aromatic N) is 1. The highest BCUT2D eigenvalue weighted by Gasteiger charge is 2.06. The second kappa shape index (κ2) is 8.67. The number of anilines is 1. The quantitative estimate of drug-likeness (QED) is 0.489. The molecule has 0 atom stereocenters. The minimum Gasteiger partial charge on any atom is -0.493 e. The van der Waals surface area contributed by atoms with Gasteiger partial charge in [-0.15, -0.1) is 0 Å². The third-order valence-corrected chi connectivity index (χ3v) is 3.65. The molecular formula is C21H19FN2O2. The standard InChI is InChI=1S/C21H19FN2O2/c1-25-21-13-16(14-23-24-19-8-3-2-4-9-19)10-11-20(21)26-15-17-6-5-7-18(22)12-17/h2-14,24H,15H2,1H3. The van der Waals surface area contributed by atoms with Gasteiger partial charge in [0.2, 0.25) is 0 Å². The van der Waals surface area contributed by atoms with Crippen LogP contribution in [-0.4, -0.2) is 13.3 Å². The minimum absolute atomic E-state index is 0.261. The normalized spacial score (nSPS) is 10.7. The van der Waals surface area contributed by atoms with Gasteiger partial charge in [-0.05, 0) is 53.6 Å². The summed E-state index contributed by atoms with van der Waals surface area (Å²) in [6, 6.07) is 21.5. The summed E-state index contributed by atoms with van der Waals surface area (Å²) in [6.07, 6.45) is 1.70. The Kier molecular flexibility index (Phi) is 5.83. The van der Waals surface area contributed by atoms with Crippen LogP contribution in [0.4, 0.5) is 10.1 Å². The predicted octanol–water partition coefficient (Wildman–Crippen LogP) is 4.86. The number of hydrogen-bond acceptors (Lipinski definition) is 4. The number of ether oxygens (including phenoxy) is 2. The average molecular weight is 350 g/mol. The highest BCUT2D eigenvalue weighted by atomic mass is 19.1. The van der Waals surface area contributed by atoms with E-state index < -0.39 is 0 Å². The second-order valence-electron chi connectivity index (χ2n) is 5.56. The van der Waals surface area contributed by atoms with E-state index in [4.69, 9.17) is 9.47 Å². The zero-order chi connectivity index (χ0) is 18.2. The van der Waals surface area contributed by atoms with E-state index in [1.807, 2.05) is 54.6 Å². The highest BCUT2D eigenvalue weighted by molar-refractivity contribution is 5.81. The molecule has 0 amide bonds. The van der Waals surface area contributed by atoms with Crippen LogP contribution in [0.1, 0.15) is 11.1 Å². The first-order valence-electron chi connectivity index (χ1n) is 8.14. The lowest BCUT2D eigenvalue weighted by atomic mass is 10.2. The fraction of sp³-hybridized carbons (Fsp3) is 0.0952. The van der Waals surface area contributed by atoms with E-state index in [0.717, 1.165) is 16.8 Å². The van der Waals surface area contributed by atoms with Crippen LogP contribution in [0, 0.1) is 5.82 Å². The van der Waals surface area contributed by atoms with Gasteiger partial charge in [0.1, 0.15) is 12.4 Å². The molecule has 0 fully saturated rings. The maximum Gasteiger partial charge on any atom is 0.161 e. The Morgan fingerprint density at radius 3 is 2.58 bits per heavy atom. The van der Waals surface area contributed by atoms with Crippen molar-refractivity contribution in [3.63, 3.8) is 0 Å². The molecule has 0 radical (unpaired) electrons. The van der Waals surface area contributed by atoms with Gasteiger partial charge in [-0.25, -0.2) is 4.39 Å². The lowest BCUT2D eigenvalue weighted by molar-refractivity contribution is 0.284. The van der Waals surface area contributed by atoms with Gasteiger partial charge >= 0.3 is 0 Å². The van der Waals surface area contributed by atoms with Gasteiger partial charge < -0.3 is 9.47 Å². The van der Waals surface area contributed by atoms with Crippen molar-refractivity contribution in [3.8, 4) is 11.5 Å². The zero-order valence-corrected chi connectivity index (χ0v) is 14.4. The van der Waals surface area contributed by atoms with Gasteiger partial charge in [0.25, 0.3) is 0 Å². The molecule has 0 aliphatic carbocycles. The van der Waals surface area contributed by atoms with Crippen molar-refractivity contribution >= 4 is 11.9 Å². The Bertz CT molecular complexity index is 882. The fourth-order valence-electron chi connectivity index (χ4n) is 2.37. The third kappa shape index (κ3) is 4.83. The summed E-state index contributed by atoms with van der Waals surface area (Å²) in [5.41, 5.74) is 5.49.